The first kappa shape index (κ1) is 17.3. The quantitative estimate of drug-likeness (QED) is 0.880. The molecule has 2 aromatic carbocycles. The fourth-order valence-electron chi connectivity index (χ4n) is 2.42. The van der Waals surface area contributed by atoms with Crippen molar-refractivity contribution in [2.45, 2.75) is 31.4 Å². The van der Waals surface area contributed by atoms with Crippen molar-refractivity contribution in [3.8, 4) is 5.75 Å². The Hall–Kier alpha value is -2.04. The highest BCUT2D eigenvalue weighted by molar-refractivity contribution is 5.98. The van der Waals surface area contributed by atoms with Crippen LogP contribution in [-0.2, 0) is 11.4 Å². The zero-order valence-corrected chi connectivity index (χ0v) is 13.6. The number of nitrogens with two attached hydrogens (primary N) is 1. The largest absolute Gasteiger partial charge is 0.489 e. The van der Waals surface area contributed by atoms with Crippen molar-refractivity contribution in [1.82, 2.24) is 0 Å². The zero-order chi connectivity index (χ0) is 15.4. The zero-order valence-electron chi connectivity index (χ0n) is 12.8. The third kappa shape index (κ3) is 4.24. The van der Waals surface area contributed by atoms with Gasteiger partial charge in [0.05, 0.1) is 5.54 Å². The molecule has 23 heavy (non-hydrogen) atoms. The molecule has 0 saturated heterocycles. The van der Waals surface area contributed by atoms with Crippen molar-refractivity contribution in [2.75, 3.05) is 5.32 Å². The molecule has 0 aromatic heterocycles. The lowest BCUT2D eigenvalue weighted by Gasteiger charge is -2.36. The van der Waals surface area contributed by atoms with E-state index in [1.54, 1.807) is 0 Å². The van der Waals surface area contributed by atoms with Crippen molar-refractivity contribution in [2.24, 2.45) is 5.73 Å². The molecule has 1 fully saturated rings. The highest BCUT2D eigenvalue weighted by atomic mass is 35.5. The van der Waals surface area contributed by atoms with Gasteiger partial charge in [-0.25, -0.2) is 0 Å². The second-order valence-electron chi connectivity index (χ2n) is 5.76. The number of amides is 1. The lowest BCUT2D eigenvalue weighted by Crippen LogP contribution is -2.56. The van der Waals surface area contributed by atoms with Gasteiger partial charge in [0, 0.05) is 5.69 Å². The molecule has 0 spiro atoms. The topological polar surface area (TPSA) is 64.4 Å². The van der Waals surface area contributed by atoms with Crippen molar-refractivity contribution in [3.63, 3.8) is 0 Å². The minimum atomic E-state index is -0.678. The van der Waals surface area contributed by atoms with Crippen LogP contribution in [0.15, 0.2) is 54.6 Å². The summed E-state index contributed by atoms with van der Waals surface area (Å²) in [6, 6.07) is 17.4. The number of carbonyl (C=O) groups is 1. The molecule has 1 amide bonds. The average Bonchev–Trinajstić information content (AvgIpc) is 2.53. The Balaban J connectivity index is 0.00000192. The van der Waals surface area contributed by atoms with Gasteiger partial charge in [0.15, 0.2) is 0 Å². The highest BCUT2D eigenvalue weighted by Crippen LogP contribution is 2.30. The number of halogens is 1. The van der Waals surface area contributed by atoms with Crippen LogP contribution in [0.2, 0.25) is 0 Å². The molecule has 1 aliphatic carbocycles. The van der Waals surface area contributed by atoms with Crippen molar-refractivity contribution in [3.05, 3.63) is 60.2 Å². The Bertz CT molecular complexity index is 640. The van der Waals surface area contributed by atoms with Gasteiger partial charge in [-0.15, -0.1) is 12.4 Å². The number of hydrogen-bond acceptors (Lipinski definition) is 3. The highest BCUT2D eigenvalue weighted by Gasteiger charge is 2.40. The maximum Gasteiger partial charge on any atom is 0.244 e. The Kier molecular flexibility index (Phi) is 5.64. The van der Waals surface area contributed by atoms with Crippen molar-refractivity contribution in [1.29, 1.82) is 0 Å². The Labute approximate surface area is 142 Å². The van der Waals surface area contributed by atoms with E-state index in [0.717, 1.165) is 36.3 Å². The molecule has 3 N–H and O–H groups in total. The SMILES string of the molecule is Cl.NC1(C(=O)Nc2ccc(OCc3ccccc3)cc2)CCC1. The standard InChI is InChI=1S/C18H20N2O2.ClH/c19-18(11-4-12-18)17(21)20-15-7-9-16(10-8-15)22-13-14-5-2-1-3-6-14;/h1-3,5-10H,4,11-13,19H2,(H,20,21);1H. The summed E-state index contributed by atoms with van der Waals surface area (Å²) in [6.45, 7) is 0.526. The van der Waals surface area contributed by atoms with Crippen molar-refractivity contribution >= 4 is 24.0 Å². The number of anilines is 1. The average molecular weight is 333 g/mol. The summed E-state index contributed by atoms with van der Waals surface area (Å²) >= 11 is 0. The first-order chi connectivity index (χ1) is 10.7. The molecule has 0 atom stereocenters. The predicted molar refractivity (Wildman–Crippen MR) is 93.9 cm³/mol. The van der Waals surface area contributed by atoms with Gasteiger partial charge in [0.25, 0.3) is 0 Å². The number of hydrogen-bond donors (Lipinski definition) is 2. The molecule has 3 rings (SSSR count). The van der Waals surface area contributed by atoms with Crippen LogP contribution in [-0.4, -0.2) is 11.4 Å². The molecule has 1 saturated carbocycles. The van der Waals surface area contributed by atoms with Gasteiger partial charge >= 0.3 is 0 Å². The smallest absolute Gasteiger partial charge is 0.244 e. The molecular weight excluding hydrogens is 312 g/mol. The molecule has 0 heterocycles. The van der Waals surface area contributed by atoms with E-state index in [0.29, 0.717) is 6.61 Å². The van der Waals surface area contributed by atoms with Gasteiger partial charge in [0.2, 0.25) is 5.91 Å². The second kappa shape index (κ2) is 7.49. The molecule has 2 aromatic rings. The molecule has 0 aliphatic heterocycles. The second-order valence-corrected chi connectivity index (χ2v) is 5.76. The fourth-order valence-corrected chi connectivity index (χ4v) is 2.42. The molecule has 0 unspecified atom stereocenters. The van der Waals surface area contributed by atoms with E-state index < -0.39 is 5.54 Å². The van der Waals surface area contributed by atoms with Gasteiger partial charge in [0.1, 0.15) is 12.4 Å². The van der Waals surface area contributed by atoms with Crippen LogP contribution >= 0.6 is 12.4 Å². The van der Waals surface area contributed by atoms with Crippen LogP contribution in [0.1, 0.15) is 24.8 Å². The molecule has 122 valence electrons. The van der Waals surface area contributed by atoms with E-state index in [1.165, 1.54) is 0 Å². The van der Waals surface area contributed by atoms with E-state index in [1.807, 2.05) is 54.6 Å². The predicted octanol–water partition coefficient (Wildman–Crippen LogP) is 3.51. The summed E-state index contributed by atoms with van der Waals surface area (Å²) in [7, 11) is 0. The van der Waals surface area contributed by atoms with Gasteiger partial charge in [-0.1, -0.05) is 30.3 Å². The lowest BCUT2D eigenvalue weighted by molar-refractivity contribution is -0.123. The van der Waals surface area contributed by atoms with E-state index in [-0.39, 0.29) is 18.3 Å². The Morgan fingerprint density at radius 2 is 1.74 bits per heavy atom. The number of carbonyl (C=O) groups excluding carboxylic acids is 1. The number of rotatable bonds is 5. The first-order valence-corrected chi connectivity index (χ1v) is 7.53. The molecular formula is C18H21ClN2O2. The monoisotopic (exact) mass is 332 g/mol. The third-order valence-electron chi connectivity index (χ3n) is 4.06. The summed E-state index contributed by atoms with van der Waals surface area (Å²) in [4.78, 5) is 12.0. The minimum Gasteiger partial charge on any atom is -0.489 e. The maximum atomic E-state index is 12.0. The normalized spacial score (nSPS) is 15.0. The number of ether oxygens (including phenoxy) is 1. The molecule has 0 radical (unpaired) electrons. The molecule has 1 aliphatic rings. The van der Waals surface area contributed by atoms with Crippen LogP contribution in [0.4, 0.5) is 5.69 Å². The van der Waals surface area contributed by atoms with Crippen LogP contribution in [0, 0.1) is 0 Å². The van der Waals surface area contributed by atoms with Crippen molar-refractivity contribution < 1.29 is 9.53 Å². The summed E-state index contributed by atoms with van der Waals surface area (Å²) in [5, 5.41) is 2.87. The maximum absolute atomic E-state index is 12.0. The first-order valence-electron chi connectivity index (χ1n) is 7.53. The molecule has 4 nitrogen and oxygen atoms in total. The van der Waals surface area contributed by atoms with E-state index in [2.05, 4.69) is 5.32 Å². The molecule has 0 bridgehead atoms. The van der Waals surface area contributed by atoms with Gasteiger partial charge in [-0.3, -0.25) is 4.79 Å². The summed E-state index contributed by atoms with van der Waals surface area (Å²) in [6.07, 6.45) is 2.55. The Morgan fingerprint density at radius 1 is 1.09 bits per heavy atom. The van der Waals surface area contributed by atoms with Crippen LogP contribution < -0.4 is 15.8 Å². The van der Waals surface area contributed by atoms with E-state index in [4.69, 9.17) is 10.5 Å². The van der Waals surface area contributed by atoms with Gasteiger partial charge in [-0.2, -0.15) is 0 Å². The Morgan fingerprint density at radius 3 is 2.30 bits per heavy atom. The summed E-state index contributed by atoms with van der Waals surface area (Å²) in [5.74, 6) is 0.671. The van der Waals surface area contributed by atoms with Crippen LogP contribution in [0.5, 0.6) is 5.75 Å². The summed E-state index contributed by atoms with van der Waals surface area (Å²) in [5.41, 5.74) is 7.19. The lowest BCUT2D eigenvalue weighted by atomic mass is 9.77. The summed E-state index contributed by atoms with van der Waals surface area (Å²) < 4.78 is 5.71. The number of benzene rings is 2. The van der Waals surface area contributed by atoms with E-state index in [9.17, 15) is 4.79 Å². The number of nitrogens with one attached hydrogen (secondary N) is 1. The van der Waals surface area contributed by atoms with Crippen LogP contribution in [0.3, 0.4) is 0 Å². The molecule has 5 heteroatoms. The van der Waals surface area contributed by atoms with Gasteiger partial charge < -0.3 is 15.8 Å². The minimum absolute atomic E-state index is 0. The van der Waals surface area contributed by atoms with E-state index >= 15 is 0 Å². The van der Waals surface area contributed by atoms with Gasteiger partial charge in [-0.05, 0) is 49.1 Å². The fraction of sp³-hybridized carbons (Fsp3) is 0.278. The third-order valence-corrected chi connectivity index (χ3v) is 4.06. The van der Waals surface area contributed by atoms with Crippen LogP contribution in [0.25, 0.3) is 0 Å².